The predicted molar refractivity (Wildman–Crippen MR) is 235 cm³/mol. The standard InChI is InChI=1S/C52H30N2S/c1-2-15-32(16-3-1)53-44-26-10-7-21-41(44)49-51(53)50-47(48-42-22-8-11-27-45(42)55-52(48)49)40-20-6-9-25-43(40)54(50)33-17-12-14-31(30-33)34-28-29-39-36-19-5-4-18-35(36)38-24-13-23-37(34)46(38)39/h1-30H. The third-order valence-electron chi connectivity index (χ3n) is 12.0. The summed E-state index contributed by atoms with van der Waals surface area (Å²) in [5.74, 6) is 0. The molecule has 0 radical (unpaired) electrons. The molecule has 13 rings (SSSR count). The molecule has 3 heteroatoms. The molecule has 12 aromatic rings. The Balaban J connectivity index is 1.20. The van der Waals surface area contributed by atoms with Crippen LogP contribution in [-0.2, 0) is 0 Å². The molecule has 0 bridgehead atoms. The number of thiophene rings is 1. The Labute approximate surface area is 320 Å². The zero-order chi connectivity index (χ0) is 35.8. The van der Waals surface area contributed by atoms with Crippen LogP contribution in [0.5, 0.6) is 0 Å². The zero-order valence-electron chi connectivity index (χ0n) is 29.6. The quantitative estimate of drug-likeness (QED) is 0.172. The van der Waals surface area contributed by atoms with Gasteiger partial charge < -0.3 is 9.13 Å². The summed E-state index contributed by atoms with van der Waals surface area (Å²) in [7, 11) is 0. The van der Waals surface area contributed by atoms with Crippen LogP contribution in [0.15, 0.2) is 182 Å². The van der Waals surface area contributed by atoms with Crippen LogP contribution in [0.3, 0.4) is 0 Å². The van der Waals surface area contributed by atoms with Crippen LogP contribution in [0, 0.1) is 0 Å². The number of benzene rings is 9. The molecule has 9 aromatic carbocycles. The van der Waals surface area contributed by atoms with Crippen molar-refractivity contribution < 1.29 is 0 Å². The molecular formula is C52H30N2S. The van der Waals surface area contributed by atoms with E-state index in [9.17, 15) is 0 Å². The van der Waals surface area contributed by atoms with Gasteiger partial charge in [0.05, 0.1) is 22.1 Å². The lowest BCUT2D eigenvalue weighted by atomic mass is 9.94. The van der Waals surface area contributed by atoms with Crippen LogP contribution in [0.4, 0.5) is 0 Å². The smallest absolute Gasteiger partial charge is 0.0803 e. The molecule has 0 aliphatic heterocycles. The Morgan fingerprint density at radius 3 is 1.67 bits per heavy atom. The van der Waals surface area contributed by atoms with Gasteiger partial charge in [0.25, 0.3) is 0 Å². The molecule has 254 valence electrons. The maximum Gasteiger partial charge on any atom is 0.0803 e. The summed E-state index contributed by atoms with van der Waals surface area (Å²) in [4.78, 5) is 0. The maximum atomic E-state index is 2.55. The first-order chi connectivity index (χ1) is 27.3. The Kier molecular flexibility index (Phi) is 5.80. The molecule has 0 fully saturated rings. The van der Waals surface area contributed by atoms with E-state index in [0.717, 1.165) is 11.4 Å². The van der Waals surface area contributed by atoms with Crippen LogP contribution < -0.4 is 0 Å². The van der Waals surface area contributed by atoms with Gasteiger partial charge in [-0.05, 0) is 86.6 Å². The summed E-state index contributed by atoms with van der Waals surface area (Å²) < 4.78 is 7.73. The summed E-state index contributed by atoms with van der Waals surface area (Å²) in [5, 5.41) is 10.5. The summed E-state index contributed by atoms with van der Waals surface area (Å²) in [6.45, 7) is 0. The van der Waals surface area contributed by atoms with Crippen molar-refractivity contribution in [2.75, 3.05) is 0 Å². The minimum atomic E-state index is 1.15. The molecule has 2 nitrogen and oxygen atoms in total. The van der Waals surface area contributed by atoms with Crippen LogP contribution >= 0.6 is 11.3 Å². The third kappa shape index (κ3) is 3.82. The van der Waals surface area contributed by atoms with Crippen molar-refractivity contribution in [2.24, 2.45) is 0 Å². The lowest BCUT2D eigenvalue weighted by Gasteiger charge is -2.15. The van der Waals surface area contributed by atoms with E-state index in [1.54, 1.807) is 0 Å². The largest absolute Gasteiger partial charge is 0.307 e. The SMILES string of the molecule is c1ccc(-n2c3ccccc3c3c4sc5ccccc5c4c4c5ccccc5n(-c5cccc(-c6ccc7c8c(cccc68)-c6ccccc6-7)c5)c4c32)cc1. The van der Waals surface area contributed by atoms with Gasteiger partial charge in [-0.25, -0.2) is 0 Å². The fraction of sp³-hybridized carbons (Fsp3) is 0. The van der Waals surface area contributed by atoms with E-state index in [1.807, 2.05) is 11.3 Å². The van der Waals surface area contributed by atoms with E-state index in [2.05, 4.69) is 191 Å². The second kappa shape index (κ2) is 10.8. The van der Waals surface area contributed by atoms with E-state index in [0.29, 0.717) is 0 Å². The van der Waals surface area contributed by atoms with Crippen molar-refractivity contribution in [1.82, 2.24) is 9.13 Å². The van der Waals surface area contributed by atoms with Gasteiger partial charge in [0.2, 0.25) is 0 Å². The van der Waals surface area contributed by atoms with E-state index in [-0.39, 0.29) is 0 Å². The lowest BCUT2D eigenvalue weighted by Crippen LogP contribution is -1.99. The van der Waals surface area contributed by atoms with Crippen molar-refractivity contribution in [3.05, 3.63) is 182 Å². The van der Waals surface area contributed by atoms with Gasteiger partial charge in [0.1, 0.15) is 0 Å². The molecule has 1 aliphatic rings. The average Bonchev–Trinajstić information content (AvgIpc) is 3.99. The first-order valence-electron chi connectivity index (χ1n) is 18.9. The molecule has 3 aromatic heterocycles. The Bertz CT molecular complexity index is 3570. The van der Waals surface area contributed by atoms with Crippen molar-refractivity contribution in [1.29, 1.82) is 0 Å². The molecule has 0 saturated carbocycles. The van der Waals surface area contributed by atoms with E-state index in [1.165, 1.54) is 108 Å². The van der Waals surface area contributed by atoms with Crippen LogP contribution in [-0.4, -0.2) is 9.13 Å². The van der Waals surface area contributed by atoms with E-state index >= 15 is 0 Å². The van der Waals surface area contributed by atoms with Crippen molar-refractivity contribution in [3.8, 4) is 44.8 Å². The highest BCUT2D eigenvalue weighted by Gasteiger charge is 2.27. The van der Waals surface area contributed by atoms with Gasteiger partial charge in [-0.3, -0.25) is 0 Å². The monoisotopic (exact) mass is 714 g/mol. The Morgan fingerprint density at radius 1 is 0.327 bits per heavy atom. The molecule has 1 aliphatic carbocycles. The Morgan fingerprint density at radius 2 is 0.873 bits per heavy atom. The van der Waals surface area contributed by atoms with Crippen molar-refractivity contribution in [3.63, 3.8) is 0 Å². The number of rotatable bonds is 3. The number of fused-ring (bicyclic) bond motifs is 15. The molecule has 55 heavy (non-hydrogen) atoms. The fourth-order valence-electron chi connectivity index (χ4n) is 9.87. The molecule has 0 saturated heterocycles. The highest BCUT2D eigenvalue weighted by atomic mass is 32.1. The summed E-state index contributed by atoms with van der Waals surface area (Å²) in [5.41, 5.74) is 15.0. The topological polar surface area (TPSA) is 9.86 Å². The molecule has 0 N–H and O–H groups in total. The van der Waals surface area contributed by atoms with E-state index in [4.69, 9.17) is 0 Å². The van der Waals surface area contributed by atoms with Crippen LogP contribution in [0.2, 0.25) is 0 Å². The Hall–Kier alpha value is -6.94. The maximum absolute atomic E-state index is 2.55. The van der Waals surface area contributed by atoms with Gasteiger partial charge in [0, 0.05) is 53.1 Å². The second-order valence-corrected chi connectivity index (χ2v) is 15.8. The highest BCUT2D eigenvalue weighted by Crippen LogP contribution is 2.52. The molecular weight excluding hydrogens is 685 g/mol. The fourth-order valence-corrected chi connectivity index (χ4v) is 11.1. The lowest BCUT2D eigenvalue weighted by molar-refractivity contribution is 1.15. The predicted octanol–water partition coefficient (Wildman–Crippen LogP) is 14.7. The van der Waals surface area contributed by atoms with Gasteiger partial charge in [-0.15, -0.1) is 11.3 Å². The molecule has 0 amide bonds. The van der Waals surface area contributed by atoms with Crippen LogP contribution in [0.25, 0.3) is 119 Å². The number of nitrogens with zero attached hydrogens (tertiary/aromatic N) is 2. The number of para-hydroxylation sites is 3. The summed E-state index contributed by atoms with van der Waals surface area (Å²) in [6.07, 6.45) is 0. The number of hydrogen-bond donors (Lipinski definition) is 0. The normalized spacial score (nSPS) is 12.4. The van der Waals surface area contributed by atoms with Gasteiger partial charge in [0.15, 0.2) is 0 Å². The highest BCUT2D eigenvalue weighted by molar-refractivity contribution is 7.27. The first kappa shape index (κ1) is 29.5. The summed E-state index contributed by atoms with van der Waals surface area (Å²) in [6, 6.07) is 67.4. The average molecular weight is 715 g/mol. The van der Waals surface area contributed by atoms with Crippen LogP contribution in [0.1, 0.15) is 0 Å². The van der Waals surface area contributed by atoms with Gasteiger partial charge in [-0.2, -0.15) is 0 Å². The minimum Gasteiger partial charge on any atom is -0.307 e. The summed E-state index contributed by atoms with van der Waals surface area (Å²) >= 11 is 1.92. The van der Waals surface area contributed by atoms with Crippen molar-refractivity contribution in [2.45, 2.75) is 0 Å². The van der Waals surface area contributed by atoms with Gasteiger partial charge in [-0.1, -0.05) is 140 Å². The first-order valence-corrected chi connectivity index (χ1v) is 19.8. The van der Waals surface area contributed by atoms with Gasteiger partial charge >= 0.3 is 0 Å². The van der Waals surface area contributed by atoms with Crippen molar-refractivity contribution >= 4 is 85.9 Å². The zero-order valence-corrected chi connectivity index (χ0v) is 30.4. The second-order valence-electron chi connectivity index (χ2n) is 14.8. The van der Waals surface area contributed by atoms with E-state index < -0.39 is 0 Å². The molecule has 0 spiro atoms. The molecule has 0 atom stereocenters. The number of aromatic nitrogens is 2. The third-order valence-corrected chi connectivity index (χ3v) is 13.2. The molecule has 3 heterocycles. The number of hydrogen-bond acceptors (Lipinski definition) is 1. The minimum absolute atomic E-state index is 1.15. The molecule has 0 unspecified atom stereocenters.